The molecule has 6 nitrogen and oxygen atoms in total. The number of halogens is 2. The summed E-state index contributed by atoms with van der Waals surface area (Å²) in [4.78, 5) is 15.1. The number of nitrogens with zero attached hydrogens (tertiary/aromatic N) is 1. The highest BCUT2D eigenvalue weighted by molar-refractivity contribution is 6.31. The first-order chi connectivity index (χ1) is 17.0. The molecule has 2 N–H and O–H groups in total. The minimum absolute atomic E-state index is 0.0860. The van der Waals surface area contributed by atoms with Crippen molar-refractivity contribution >= 4 is 29.3 Å². The zero-order chi connectivity index (χ0) is 24.4. The molecule has 182 valence electrons. The highest BCUT2D eigenvalue weighted by Gasteiger charge is 2.43. The first-order valence-electron chi connectivity index (χ1n) is 11.7. The summed E-state index contributed by atoms with van der Waals surface area (Å²) >= 11 is 12.3. The van der Waals surface area contributed by atoms with Gasteiger partial charge in [0.2, 0.25) is 0 Å². The van der Waals surface area contributed by atoms with Crippen molar-refractivity contribution in [2.24, 2.45) is 5.92 Å². The summed E-state index contributed by atoms with van der Waals surface area (Å²) in [5.74, 6) is 1.32. The van der Waals surface area contributed by atoms with E-state index in [4.69, 9.17) is 37.8 Å². The van der Waals surface area contributed by atoms with E-state index in [1.807, 2.05) is 30.3 Å². The fourth-order valence-electron chi connectivity index (χ4n) is 4.84. The van der Waals surface area contributed by atoms with Crippen LogP contribution in [0.15, 0.2) is 83.1 Å². The van der Waals surface area contributed by atoms with Gasteiger partial charge in [0, 0.05) is 41.2 Å². The van der Waals surface area contributed by atoms with Crippen molar-refractivity contribution in [3.63, 3.8) is 0 Å². The molecule has 3 unspecified atom stereocenters. The van der Waals surface area contributed by atoms with Gasteiger partial charge < -0.3 is 19.9 Å². The Kier molecular flexibility index (Phi) is 7.04. The molecule has 1 amide bonds. The molecule has 2 heterocycles. The minimum atomic E-state index is -0.423. The molecule has 2 aliphatic heterocycles. The highest BCUT2D eigenvalue weighted by Crippen LogP contribution is 2.45. The zero-order valence-electron chi connectivity index (χ0n) is 19.0. The van der Waals surface area contributed by atoms with Crippen molar-refractivity contribution in [1.82, 2.24) is 10.2 Å². The first kappa shape index (κ1) is 23.8. The van der Waals surface area contributed by atoms with Crippen LogP contribution in [-0.4, -0.2) is 41.9 Å². The van der Waals surface area contributed by atoms with E-state index < -0.39 is 6.09 Å². The van der Waals surface area contributed by atoms with Gasteiger partial charge in [-0.2, -0.15) is 0 Å². The third-order valence-corrected chi connectivity index (χ3v) is 6.99. The Balaban J connectivity index is 1.45. The van der Waals surface area contributed by atoms with Gasteiger partial charge in [-0.1, -0.05) is 47.5 Å². The van der Waals surface area contributed by atoms with Crippen LogP contribution in [0.4, 0.5) is 4.79 Å². The van der Waals surface area contributed by atoms with Crippen molar-refractivity contribution < 1.29 is 19.4 Å². The van der Waals surface area contributed by atoms with E-state index in [2.05, 4.69) is 17.5 Å². The Morgan fingerprint density at radius 1 is 1.09 bits per heavy atom. The largest absolute Gasteiger partial charge is 0.494 e. The summed E-state index contributed by atoms with van der Waals surface area (Å²) in [5.41, 5.74) is 3.23. The molecule has 2 aromatic rings. The van der Waals surface area contributed by atoms with Crippen LogP contribution in [0.2, 0.25) is 5.02 Å². The predicted octanol–water partition coefficient (Wildman–Crippen LogP) is 5.58. The number of hydrogen-bond donors (Lipinski definition) is 2. The number of nitrogens with one attached hydrogen (secondary N) is 1. The molecule has 1 aliphatic carbocycles. The van der Waals surface area contributed by atoms with Gasteiger partial charge in [0.15, 0.2) is 0 Å². The Morgan fingerprint density at radius 2 is 1.83 bits per heavy atom. The van der Waals surface area contributed by atoms with E-state index in [1.54, 1.807) is 29.2 Å². The molecule has 3 aliphatic rings. The topological polar surface area (TPSA) is 71.0 Å². The molecule has 35 heavy (non-hydrogen) atoms. The molecule has 0 aromatic heterocycles. The standard InChI is InChI=1S/C27H26Cl2N2O4/c28-18-4-9-21(10-5-18)35-27(33)31-13-12-22-23-16-19(29)6-11-24(23)30-25(22)26(31)17-2-7-20(8-3-17)34-15-1-14-32/h2-11,16,23-24,26,30,32H,1,12-15H2. The van der Waals surface area contributed by atoms with E-state index in [9.17, 15) is 4.79 Å². The zero-order valence-corrected chi connectivity index (χ0v) is 20.5. The van der Waals surface area contributed by atoms with Gasteiger partial charge in [-0.25, -0.2) is 4.79 Å². The van der Waals surface area contributed by atoms with E-state index in [0.717, 1.165) is 22.7 Å². The van der Waals surface area contributed by atoms with Crippen molar-refractivity contribution in [2.75, 3.05) is 19.8 Å². The summed E-state index contributed by atoms with van der Waals surface area (Å²) in [6.07, 6.45) is 6.95. The SMILES string of the molecule is O=C(Oc1ccc(Cl)cc1)N1CCC2=C(NC3C=CC(Cl)=CC23)C1c1ccc(OCCCO)cc1. The van der Waals surface area contributed by atoms with Crippen LogP contribution >= 0.6 is 23.2 Å². The molecular formula is C27H26Cl2N2O4. The van der Waals surface area contributed by atoms with Crippen LogP contribution in [0.1, 0.15) is 24.4 Å². The van der Waals surface area contributed by atoms with E-state index >= 15 is 0 Å². The fourth-order valence-corrected chi connectivity index (χ4v) is 5.18. The number of amides is 1. The van der Waals surface area contributed by atoms with Gasteiger partial charge in [-0.3, -0.25) is 4.90 Å². The van der Waals surface area contributed by atoms with Gasteiger partial charge >= 0.3 is 6.09 Å². The first-order valence-corrected chi connectivity index (χ1v) is 12.4. The van der Waals surface area contributed by atoms with E-state index in [0.29, 0.717) is 36.1 Å². The van der Waals surface area contributed by atoms with Crippen LogP contribution in [0.3, 0.4) is 0 Å². The number of ether oxygens (including phenoxy) is 2. The molecule has 8 heteroatoms. The molecular weight excluding hydrogens is 487 g/mol. The molecule has 3 atom stereocenters. The fraction of sp³-hybridized carbons (Fsp3) is 0.296. The van der Waals surface area contributed by atoms with Gasteiger partial charge in [-0.15, -0.1) is 0 Å². The van der Waals surface area contributed by atoms with Crippen molar-refractivity contribution in [1.29, 1.82) is 0 Å². The predicted molar refractivity (Wildman–Crippen MR) is 136 cm³/mol. The number of carbonyl (C=O) groups is 1. The maximum Gasteiger partial charge on any atom is 0.416 e. The number of aliphatic hydroxyl groups excluding tert-OH is 1. The highest BCUT2D eigenvalue weighted by atomic mass is 35.5. The van der Waals surface area contributed by atoms with Gasteiger partial charge in [-0.05, 0) is 60.0 Å². The second kappa shape index (κ2) is 10.4. The number of aliphatic hydroxyl groups is 1. The van der Waals surface area contributed by atoms with Crippen molar-refractivity contribution in [2.45, 2.75) is 24.9 Å². The quantitative estimate of drug-likeness (QED) is 0.494. The number of benzene rings is 2. The van der Waals surface area contributed by atoms with Gasteiger partial charge in [0.1, 0.15) is 17.5 Å². The number of allylic oxidation sites excluding steroid dienone is 2. The lowest BCUT2D eigenvalue weighted by molar-refractivity contribution is 0.134. The van der Waals surface area contributed by atoms with Crippen LogP contribution in [-0.2, 0) is 0 Å². The average molecular weight is 513 g/mol. The average Bonchev–Trinajstić information content (AvgIpc) is 3.23. The molecule has 0 spiro atoms. The monoisotopic (exact) mass is 512 g/mol. The number of carbonyl (C=O) groups excluding carboxylic acids is 1. The molecule has 0 saturated carbocycles. The summed E-state index contributed by atoms with van der Waals surface area (Å²) < 4.78 is 11.4. The van der Waals surface area contributed by atoms with Crippen LogP contribution in [0, 0.1) is 5.92 Å². The Bertz CT molecular complexity index is 1170. The molecule has 0 saturated heterocycles. The number of hydrogen-bond acceptors (Lipinski definition) is 5. The van der Waals surface area contributed by atoms with Crippen molar-refractivity contribution in [3.05, 3.63) is 93.6 Å². The maximum atomic E-state index is 13.4. The number of fused-ring (bicyclic) bond motifs is 2. The molecule has 0 radical (unpaired) electrons. The van der Waals surface area contributed by atoms with E-state index in [1.165, 1.54) is 5.57 Å². The second-order valence-corrected chi connectivity index (χ2v) is 9.58. The van der Waals surface area contributed by atoms with Crippen LogP contribution in [0.5, 0.6) is 11.5 Å². The normalized spacial score (nSPS) is 22.8. The Labute approximate surface area is 214 Å². The smallest absolute Gasteiger partial charge is 0.416 e. The van der Waals surface area contributed by atoms with E-state index in [-0.39, 0.29) is 24.6 Å². The maximum absolute atomic E-state index is 13.4. The lowest BCUT2D eigenvalue weighted by atomic mass is 9.85. The molecule has 2 aromatic carbocycles. The summed E-state index contributed by atoms with van der Waals surface area (Å²) in [6, 6.07) is 14.3. The van der Waals surface area contributed by atoms with Crippen molar-refractivity contribution in [3.8, 4) is 11.5 Å². The lowest BCUT2D eigenvalue weighted by Gasteiger charge is -2.37. The lowest BCUT2D eigenvalue weighted by Crippen LogP contribution is -2.43. The molecule has 5 rings (SSSR count). The summed E-state index contributed by atoms with van der Waals surface area (Å²) in [7, 11) is 0. The second-order valence-electron chi connectivity index (χ2n) is 8.71. The minimum Gasteiger partial charge on any atom is -0.494 e. The van der Waals surface area contributed by atoms with Crippen LogP contribution < -0.4 is 14.8 Å². The van der Waals surface area contributed by atoms with Gasteiger partial charge in [0.25, 0.3) is 0 Å². The molecule has 0 fully saturated rings. The summed E-state index contributed by atoms with van der Waals surface area (Å²) in [5, 5.41) is 13.9. The third kappa shape index (κ3) is 5.06. The third-order valence-electron chi connectivity index (χ3n) is 6.49. The summed E-state index contributed by atoms with van der Waals surface area (Å²) in [6.45, 7) is 1.05. The number of rotatable bonds is 6. The Hall–Kier alpha value is -2.93. The van der Waals surface area contributed by atoms with Crippen LogP contribution in [0.25, 0.3) is 0 Å². The Morgan fingerprint density at radius 3 is 2.57 bits per heavy atom. The van der Waals surface area contributed by atoms with Gasteiger partial charge in [0.05, 0.1) is 12.6 Å². The molecule has 0 bridgehead atoms.